The summed E-state index contributed by atoms with van der Waals surface area (Å²) in [5, 5.41) is 6.38. The summed E-state index contributed by atoms with van der Waals surface area (Å²) in [6.45, 7) is 2.68. The number of pyridine rings is 1. The van der Waals surface area contributed by atoms with Crippen LogP contribution in [-0.4, -0.2) is 30.6 Å². The molecule has 0 saturated carbocycles. The molecule has 0 spiro atoms. The van der Waals surface area contributed by atoms with E-state index in [9.17, 15) is 4.79 Å². The van der Waals surface area contributed by atoms with E-state index in [0.717, 1.165) is 4.47 Å². The predicted molar refractivity (Wildman–Crippen MR) is 73.3 cm³/mol. The van der Waals surface area contributed by atoms with Crippen LogP contribution in [0.2, 0.25) is 0 Å². The Morgan fingerprint density at radius 2 is 2.47 bits per heavy atom. The highest BCUT2D eigenvalue weighted by atomic mass is 79.9. The highest BCUT2D eigenvalue weighted by molar-refractivity contribution is 9.10. The molecule has 1 N–H and O–H groups in total. The van der Waals surface area contributed by atoms with Crippen molar-refractivity contribution in [1.82, 2.24) is 10.3 Å². The van der Waals surface area contributed by atoms with E-state index in [4.69, 9.17) is 10.3 Å². The highest BCUT2D eigenvalue weighted by Crippen LogP contribution is 2.18. The van der Waals surface area contributed by atoms with Crippen molar-refractivity contribution in [3.05, 3.63) is 38.9 Å². The van der Waals surface area contributed by atoms with Crippen LogP contribution >= 0.6 is 15.9 Å². The molecule has 0 saturated heterocycles. The molecule has 102 valence electrons. The van der Waals surface area contributed by atoms with Crippen molar-refractivity contribution in [1.29, 1.82) is 0 Å². The minimum absolute atomic E-state index is 0.258. The number of nitrogens with zero attached hydrogens (tertiary/aromatic N) is 4. The molecule has 0 aliphatic heterocycles. The Bertz CT molecular complexity index is 476. The summed E-state index contributed by atoms with van der Waals surface area (Å²) >= 11 is 3.30. The molecule has 0 aliphatic rings. The lowest BCUT2D eigenvalue weighted by molar-refractivity contribution is -0.145. The minimum atomic E-state index is -0.626. The van der Waals surface area contributed by atoms with Crippen LogP contribution in [-0.2, 0) is 9.53 Å². The monoisotopic (exact) mass is 327 g/mol. The van der Waals surface area contributed by atoms with Gasteiger partial charge in [-0.1, -0.05) is 5.11 Å². The third kappa shape index (κ3) is 5.25. The molecule has 0 aromatic carbocycles. The predicted octanol–water partition coefficient (Wildman–Crippen LogP) is 2.35. The quantitative estimate of drug-likeness (QED) is 0.273. The zero-order chi connectivity index (χ0) is 14.1. The number of hydrogen-bond donors (Lipinski definition) is 1. The van der Waals surface area contributed by atoms with E-state index in [-0.39, 0.29) is 12.5 Å². The molecule has 19 heavy (non-hydrogen) atoms. The second-order valence-electron chi connectivity index (χ2n) is 3.53. The van der Waals surface area contributed by atoms with Gasteiger partial charge in [0.15, 0.2) is 0 Å². The Hall–Kier alpha value is -1.63. The summed E-state index contributed by atoms with van der Waals surface area (Å²) < 4.78 is 5.78. The first-order chi connectivity index (χ1) is 9.19. The molecule has 1 unspecified atom stereocenters. The molecule has 8 heteroatoms. The number of aromatic nitrogens is 1. The molecule has 1 aromatic heterocycles. The zero-order valence-electron chi connectivity index (χ0n) is 10.4. The Kier molecular flexibility index (Phi) is 6.88. The van der Waals surface area contributed by atoms with Gasteiger partial charge in [0.25, 0.3) is 0 Å². The number of nitrogens with one attached hydrogen (secondary N) is 1. The van der Waals surface area contributed by atoms with Gasteiger partial charge in [-0.2, -0.15) is 0 Å². The molecule has 0 aliphatic carbocycles. The van der Waals surface area contributed by atoms with Crippen molar-refractivity contribution in [3.8, 4) is 0 Å². The van der Waals surface area contributed by atoms with E-state index in [1.807, 2.05) is 0 Å². The molecule has 1 atom stereocenters. The number of carbonyl (C=O) groups is 1. The smallest absolute Gasteiger partial charge is 0.327 e. The summed E-state index contributed by atoms with van der Waals surface area (Å²) in [6.07, 6.45) is 3.22. The fraction of sp³-hybridized carbons (Fsp3) is 0.455. The van der Waals surface area contributed by atoms with Crippen molar-refractivity contribution < 1.29 is 9.53 Å². The number of esters is 1. The van der Waals surface area contributed by atoms with Gasteiger partial charge in [-0.05, 0) is 40.0 Å². The average molecular weight is 328 g/mol. The van der Waals surface area contributed by atoms with E-state index in [0.29, 0.717) is 18.7 Å². The van der Waals surface area contributed by atoms with Crippen molar-refractivity contribution in [2.45, 2.75) is 13.0 Å². The molecule has 0 amide bonds. The SMILES string of the molecule is CCOC(=O)C(NCCN=[N+]=[N-])c1cncc(Br)c1. The molecular weight excluding hydrogens is 314 g/mol. The van der Waals surface area contributed by atoms with Crippen LogP contribution in [0.4, 0.5) is 0 Å². The maximum atomic E-state index is 11.9. The molecule has 7 nitrogen and oxygen atoms in total. The van der Waals surface area contributed by atoms with Crippen molar-refractivity contribution >= 4 is 21.9 Å². The Morgan fingerprint density at radius 1 is 1.68 bits per heavy atom. The van der Waals surface area contributed by atoms with Crippen LogP contribution < -0.4 is 5.32 Å². The van der Waals surface area contributed by atoms with Crippen LogP contribution in [0, 0.1) is 0 Å². The fourth-order valence-corrected chi connectivity index (χ4v) is 1.84. The van der Waals surface area contributed by atoms with Crippen LogP contribution in [0.15, 0.2) is 28.0 Å². The summed E-state index contributed by atoms with van der Waals surface area (Å²) in [4.78, 5) is 18.6. The molecular formula is C11H14BrN5O2. The van der Waals surface area contributed by atoms with Crippen molar-refractivity contribution in [3.63, 3.8) is 0 Å². The van der Waals surface area contributed by atoms with E-state index in [1.54, 1.807) is 25.4 Å². The third-order valence-corrected chi connectivity index (χ3v) is 2.64. The van der Waals surface area contributed by atoms with E-state index >= 15 is 0 Å². The number of carbonyl (C=O) groups excluding carboxylic acids is 1. The lowest BCUT2D eigenvalue weighted by atomic mass is 10.1. The van der Waals surface area contributed by atoms with Crippen molar-refractivity contribution in [2.75, 3.05) is 19.7 Å². The van der Waals surface area contributed by atoms with Gasteiger partial charge >= 0.3 is 5.97 Å². The van der Waals surface area contributed by atoms with Gasteiger partial charge in [-0.3, -0.25) is 4.98 Å². The molecule has 1 rings (SSSR count). The first-order valence-corrected chi connectivity index (χ1v) is 6.49. The standard InChI is InChI=1S/C11H14BrN5O2/c1-2-19-11(18)10(15-3-4-16-17-13)8-5-9(12)7-14-6-8/h5-7,10,15H,2-4H2,1H3. The van der Waals surface area contributed by atoms with Gasteiger partial charge in [-0.25, -0.2) is 4.79 Å². The summed E-state index contributed by atoms with van der Waals surface area (Å²) in [6, 6.07) is 1.16. The lowest BCUT2D eigenvalue weighted by Gasteiger charge is -2.17. The van der Waals surface area contributed by atoms with E-state index in [1.165, 1.54) is 0 Å². The largest absolute Gasteiger partial charge is 0.465 e. The van der Waals surface area contributed by atoms with Crippen LogP contribution in [0.25, 0.3) is 10.4 Å². The number of halogens is 1. The van der Waals surface area contributed by atoms with Crippen LogP contribution in [0.3, 0.4) is 0 Å². The third-order valence-electron chi connectivity index (χ3n) is 2.21. The average Bonchev–Trinajstić information content (AvgIpc) is 2.39. The molecule has 0 bridgehead atoms. The Labute approximate surface area is 119 Å². The van der Waals surface area contributed by atoms with Gasteiger partial charge in [0, 0.05) is 34.9 Å². The number of ether oxygens (including phenoxy) is 1. The topological polar surface area (TPSA) is 100.0 Å². The summed E-state index contributed by atoms with van der Waals surface area (Å²) in [5.41, 5.74) is 8.89. The minimum Gasteiger partial charge on any atom is -0.465 e. The second kappa shape index (κ2) is 8.47. The normalized spacial score (nSPS) is 11.5. The number of rotatable bonds is 7. The van der Waals surface area contributed by atoms with Crippen LogP contribution in [0.5, 0.6) is 0 Å². The maximum Gasteiger partial charge on any atom is 0.327 e. The van der Waals surface area contributed by atoms with Gasteiger partial charge in [-0.15, -0.1) is 0 Å². The zero-order valence-corrected chi connectivity index (χ0v) is 12.0. The highest BCUT2D eigenvalue weighted by Gasteiger charge is 2.21. The molecule has 0 radical (unpaired) electrons. The molecule has 0 fully saturated rings. The van der Waals surface area contributed by atoms with Crippen LogP contribution in [0.1, 0.15) is 18.5 Å². The van der Waals surface area contributed by atoms with Gasteiger partial charge in [0.2, 0.25) is 0 Å². The fourth-order valence-electron chi connectivity index (χ4n) is 1.45. The molecule has 1 heterocycles. The first-order valence-electron chi connectivity index (χ1n) is 5.70. The maximum absolute atomic E-state index is 11.9. The van der Waals surface area contributed by atoms with Crippen molar-refractivity contribution in [2.24, 2.45) is 5.11 Å². The van der Waals surface area contributed by atoms with E-state index < -0.39 is 6.04 Å². The first kappa shape index (κ1) is 15.4. The second-order valence-corrected chi connectivity index (χ2v) is 4.45. The Balaban J connectivity index is 2.79. The Morgan fingerprint density at radius 3 is 3.11 bits per heavy atom. The summed E-state index contributed by atoms with van der Waals surface area (Å²) in [5.74, 6) is -0.386. The molecule has 1 aromatic rings. The van der Waals surface area contributed by atoms with Gasteiger partial charge in [0.05, 0.1) is 6.61 Å². The van der Waals surface area contributed by atoms with Gasteiger partial charge in [0.1, 0.15) is 6.04 Å². The van der Waals surface area contributed by atoms with E-state index in [2.05, 4.69) is 36.3 Å². The number of azide groups is 1. The van der Waals surface area contributed by atoms with Gasteiger partial charge < -0.3 is 10.1 Å². The summed E-state index contributed by atoms with van der Waals surface area (Å²) in [7, 11) is 0. The lowest BCUT2D eigenvalue weighted by Crippen LogP contribution is -2.32. The number of hydrogen-bond acceptors (Lipinski definition) is 5.